The molecular weight excluding hydrogens is 336 g/mol. The summed E-state index contributed by atoms with van der Waals surface area (Å²) in [5, 5.41) is 2.88. The number of pyridine rings is 1. The normalized spacial score (nSPS) is 16.3. The summed E-state index contributed by atoms with van der Waals surface area (Å²) < 4.78 is 28.9. The van der Waals surface area contributed by atoms with Crippen LogP contribution in [0.25, 0.3) is 0 Å². The minimum absolute atomic E-state index is 0.0898. The lowest BCUT2D eigenvalue weighted by Gasteiger charge is -2.10. The van der Waals surface area contributed by atoms with Crippen LogP contribution in [0.1, 0.15) is 11.4 Å². The maximum absolute atomic E-state index is 11.1. The summed E-state index contributed by atoms with van der Waals surface area (Å²) in [4.78, 5) is 6.67. The van der Waals surface area contributed by atoms with Crippen molar-refractivity contribution in [2.45, 2.75) is 12.3 Å². The van der Waals surface area contributed by atoms with E-state index in [-0.39, 0.29) is 11.7 Å². The van der Waals surface area contributed by atoms with Gasteiger partial charge in [0, 0.05) is 24.6 Å². The lowest BCUT2D eigenvalue weighted by Crippen LogP contribution is -2.35. The molecule has 8 nitrogen and oxygen atoms in total. The van der Waals surface area contributed by atoms with Crippen LogP contribution in [0.5, 0.6) is 0 Å². The Kier molecular flexibility index (Phi) is 5.97. The van der Waals surface area contributed by atoms with Gasteiger partial charge in [-0.15, -0.1) is 8.80 Å². The van der Waals surface area contributed by atoms with Gasteiger partial charge in [-0.1, -0.05) is 6.07 Å². The second-order valence-electron chi connectivity index (χ2n) is 5.20. The van der Waals surface area contributed by atoms with E-state index in [1.807, 2.05) is 32.3 Å². The maximum Gasteiger partial charge on any atom is 0.367 e. The Labute approximate surface area is 140 Å². The van der Waals surface area contributed by atoms with Gasteiger partial charge in [0.25, 0.3) is 0 Å². The van der Waals surface area contributed by atoms with Crippen molar-refractivity contribution in [3.8, 4) is 0 Å². The van der Waals surface area contributed by atoms with Crippen molar-refractivity contribution < 1.29 is 8.42 Å². The van der Waals surface area contributed by atoms with Gasteiger partial charge in [0.05, 0.1) is 11.4 Å². The van der Waals surface area contributed by atoms with Gasteiger partial charge in [-0.2, -0.15) is 20.2 Å². The number of nitrogens with two attached hydrogens (primary N) is 1. The Morgan fingerprint density at radius 2 is 2.00 bits per heavy atom. The van der Waals surface area contributed by atoms with E-state index in [1.165, 1.54) is 0 Å². The first-order chi connectivity index (χ1) is 10.9. The van der Waals surface area contributed by atoms with Crippen LogP contribution in [0.2, 0.25) is 0 Å². The largest absolute Gasteiger partial charge is 0.380 e. The molecule has 10 heteroatoms. The first kappa shape index (κ1) is 17.7. The molecule has 2 heterocycles. The highest BCUT2D eigenvalue weighted by Crippen LogP contribution is 2.11. The summed E-state index contributed by atoms with van der Waals surface area (Å²) >= 11 is 1.69. The fourth-order valence-electron chi connectivity index (χ4n) is 1.91. The third kappa shape index (κ3) is 5.81. The fraction of sp³-hybridized carbons (Fsp3) is 0.462. The van der Waals surface area contributed by atoms with Gasteiger partial charge >= 0.3 is 10.2 Å². The SMILES string of the molecule is CN(C)Cc1cccc(CSCCNC2=NS(=O)(=O)N=C2N)n1. The Balaban J connectivity index is 1.73. The topological polar surface area (TPSA) is 113 Å². The van der Waals surface area contributed by atoms with Crippen molar-refractivity contribution in [2.75, 3.05) is 26.4 Å². The number of aromatic nitrogens is 1. The lowest BCUT2D eigenvalue weighted by molar-refractivity contribution is 0.396. The van der Waals surface area contributed by atoms with Crippen molar-refractivity contribution in [3.05, 3.63) is 29.6 Å². The quantitative estimate of drug-likeness (QED) is 0.660. The van der Waals surface area contributed by atoms with Crippen molar-refractivity contribution in [1.82, 2.24) is 15.2 Å². The van der Waals surface area contributed by atoms with Crippen LogP contribution >= 0.6 is 11.8 Å². The van der Waals surface area contributed by atoms with E-state index >= 15 is 0 Å². The molecule has 1 aliphatic rings. The monoisotopic (exact) mass is 356 g/mol. The number of rotatable bonds is 7. The lowest BCUT2D eigenvalue weighted by atomic mass is 10.3. The van der Waals surface area contributed by atoms with Crippen molar-refractivity contribution in [1.29, 1.82) is 0 Å². The Morgan fingerprint density at radius 1 is 1.26 bits per heavy atom. The van der Waals surface area contributed by atoms with E-state index in [9.17, 15) is 8.42 Å². The predicted molar refractivity (Wildman–Crippen MR) is 93.8 cm³/mol. The highest BCUT2D eigenvalue weighted by Gasteiger charge is 2.20. The van der Waals surface area contributed by atoms with Crippen LogP contribution in [0, 0.1) is 0 Å². The molecule has 1 aliphatic heterocycles. The molecule has 0 fully saturated rings. The van der Waals surface area contributed by atoms with Gasteiger partial charge in [0.2, 0.25) is 0 Å². The van der Waals surface area contributed by atoms with Gasteiger partial charge in [-0.05, 0) is 26.2 Å². The van der Waals surface area contributed by atoms with Crippen LogP contribution in [0.4, 0.5) is 0 Å². The van der Waals surface area contributed by atoms with E-state index in [0.29, 0.717) is 6.54 Å². The average Bonchev–Trinajstić information content (AvgIpc) is 2.71. The van der Waals surface area contributed by atoms with Crippen molar-refractivity contribution >= 4 is 33.6 Å². The molecular formula is C13H20N6O2S2. The molecule has 0 saturated carbocycles. The molecule has 0 atom stereocenters. The summed E-state index contributed by atoms with van der Waals surface area (Å²) in [6, 6.07) is 6.02. The zero-order valence-electron chi connectivity index (χ0n) is 13.1. The molecule has 0 spiro atoms. The molecule has 2 rings (SSSR count). The van der Waals surface area contributed by atoms with Crippen LogP contribution in [0.15, 0.2) is 27.0 Å². The highest BCUT2D eigenvalue weighted by molar-refractivity contribution is 7.98. The molecule has 0 radical (unpaired) electrons. The van der Waals surface area contributed by atoms with Gasteiger partial charge in [0.1, 0.15) is 0 Å². The average molecular weight is 356 g/mol. The number of hydrogen-bond donors (Lipinski definition) is 2. The molecule has 0 aliphatic carbocycles. The zero-order chi connectivity index (χ0) is 16.9. The molecule has 0 amide bonds. The minimum Gasteiger partial charge on any atom is -0.380 e. The van der Waals surface area contributed by atoms with Crippen molar-refractivity contribution in [2.24, 2.45) is 14.5 Å². The van der Waals surface area contributed by atoms with E-state index in [1.54, 1.807) is 11.8 Å². The molecule has 23 heavy (non-hydrogen) atoms. The standard InChI is InChI=1S/C13H20N6O2S2/c1-19(2)8-10-4-3-5-11(16-10)9-22-7-6-15-13-12(14)17-23(20,21)18-13/h3-5H,6-9H2,1-2H3,(H2,14,17)(H,15,18). The van der Waals surface area contributed by atoms with Gasteiger partial charge in [-0.25, -0.2) is 0 Å². The third-order valence-electron chi connectivity index (χ3n) is 2.79. The zero-order valence-corrected chi connectivity index (χ0v) is 14.7. The van der Waals surface area contributed by atoms with Gasteiger partial charge < -0.3 is 16.0 Å². The molecule has 0 saturated heterocycles. The summed E-state index contributed by atoms with van der Waals surface area (Å²) in [7, 11) is 0.242. The molecule has 1 aromatic rings. The van der Waals surface area contributed by atoms with Crippen LogP contribution in [0.3, 0.4) is 0 Å². The first-order valence-corrected chi connectivity index (χ1v) is 9.53. The maximum atomic E-state index is 11.1. The first-order valence-electron chi connectivity index (χ1n) is 6.97. The summed E-state index contributed by atoms with van der Waals surface area (Å²) in [6.45, 7) is 1.36. The molecule has 0 aromatic carbocycles. The number of nitrogens with one attached hydrogen (secondary N) is 1. The van der Waals surface area contributed by atoms with Crippen LogP contribution in [-0.4, -0.2) is 56.4 Å². The van der Waals surface area contributed by atoms with E-state index in [4.69, 9.17) is 5.73 Å². The minimum atomic E-state index is -3.78. The summed E-state index contributed by atoms with van der Waals surface area (Å²) in [5.74, 6) is 1.59. The van der Waals surface area contributed by atoms with Gasteiger partial charge in [-0.3, -0.25) is 4.98 Å². The number of thioether (sulfide) groups is 1. The highest BCUT2D eigenvalue weighted by atomic mass is 32.2. The molecule has 0 unspecified atom stereocenters. The number of hydrogen-bond acceptors (Lipinski definition) is 7. The van der Waals surface area contributed by atoms with Crippen LogP contribution < -0.4 is 11.1 Å². The van der Waals surface area contributed by atoms with Gasteiger partial charge in [0.15, 0.2) is 11.7 Å². The molecule has 1 aromatic heterocycles. The fourth-order valence-corrected chi connectivity index (χ4v) is 3.44. The van der Waals surface area contributed by atoms with Crippen LogP contribution in [-0.2, 0) is 22.5 Å². The predicted octanol–water partition coefficient (Wildman–Crippen LogP) is -0.0199. The Hall–Kier alpha value is -1.65. The number of amidine groups is 2. The number of nitrogens with zero attached hydrogens (tertiary/aromatic N) is 4. The second kappa shape index (κ2) is 7.75. The summed E-state index contributed by atoms with van der Waals surface area (Å²) in [6.07, 6.45) is 0. The van der Waals surface area contributed by atoms with E-state index in [2.05, 4.69) is 24.0 Å². The Bertz CT molecular complexity index is 715. The van der Waals surface area contributed by atoms with E-state index < -0.39 is 10.2 Å². The second-order valence-corrected chi connectivity index (χ2v) is 7.57. The molecule has 0 bridgehead atoms. The third-order valence-corrected chi connectivity index (χ3v) is 4.63. The summed E-state index contributed by atoms with van der Waals surface area (Å²) in [5.41, 5.74) is 7.54. The molecule has 3 N–H and O–H groups in total. The smallest absolute Gasteiger partial charge is 0.367 e. The van der Waals surface area contributed by atoms with Crippen molar-refractivity contribution in [3.63, 3.8) is 0 Å². The van der Waals surface area contributed by atoms with E-state index in [0.717, 1.165) is 29.4 Å². The Morgan fingerprint density at radius 3 is 2.65 bits per heavy atom. The molecule has 126 valence electrons.